The molecule has 0 aromatic carbocycles. The first kappa shape index (κ1) is 15.5. The second-order valence-electron chi connectivity index (χ2n) is 5.28. The van der Waals surface area contributed by atoms with Crippen LogP contribution < -0.4 is 0 Å². The van der Waals surface area contributed by atoms with Crippen molar-refractivity contribution in [3.63, 3.8) is 0 Å². The van der Waals surface area contributed by atoms with Crippen LogP contribution in [0.25, 0.3) is 0 Å². The molecule has 1 aliphatic heterocycles. The van der Waals surface area contributed by atoms with E-state index in [1.807, 2.05) is 13.8 Å². The molecule has 20 heavy (non-hydrogen) atoms. The Morgan fingerprint density at radius 1 is 1.35 bits per heavy atom. The zero-order valence-electron chi connectivity index (χ0n) is 12.2. The van der Waals surface area contributed by atoms with Gasteiger partial charge in [0.05, 0.1) is 6.61 Å². The third kappa shape index (κ3) is 2.77. The summed E-state index contributed by atoms with van der Waals surface area (Å²) in [7, 11) is -3.44. The van der Waals surface area contributed by atoms with Crippen LogP contribution in [-0.4, -0.2) is 35.0 Å². The number of nitrogens with zero attached hydrogens (tertiary/aromatic N) is 2. The molecule has 0 amide bonds. The Morgan fingerprint density at radius 3 is 2.65 bits per heavy atom. The van der Waals surface area contributed by atoms with E-state index in [2.05, 4.69) is 0 Å². The van der Waals surface area contributed by atoms with Crippen LogP contribution in [0.1, 0.15) is 45.2 Å². The van der Waals surface area contributed by atoms with Gasteiger partial charge in [0.2, 0.25) is 10.0 Å². The fourth-order valence-corrected chi connectivity index (χ4v) is 4.76. The molecule has 0 saturated carbocycles. The van der Waals surface area contributed by atoms with Crippen molar-refractivity contribution in [1.29, 1.82) is 0 Å². The Balaban J connectivity index is 2.36. The van der Waals surface area contributed by atoms with E-state index in [-0.39, 0.29) is 12.6 Å². The minimum absolute atomic E-state index is 0.108. The van der Waals surface area contributed by atoms with Crippen molar-refractivity contribution in [2.24, 2.45) is 0 Å². The van der Waals surface area contributed by atoms with Gasteiger partial charge in [0.1, 0.15) is 4.90 Å². The van der Waals surface area contributed by atoms with Gasteiger partial charge in [-0.2, -0.15) is 4.31 Å². The van der Waals surface area contributed by atoms with Gasteiger partial charge in [0, 0.05) is 31.0 Å². The van der Waals surface area contributed by atoms with Crippen molar-refractivity contribution < 1.29 is 13.5 Å². The van der Waals surface area contributed by atoms with Crippen molar-refractivity contribution in [1.82, 2.24) is 8.87 Å². The number of aliphatic hydroxyl groups is 1. The topological polar surface area (TPSA) is 62.5 Å². The first-order chi connectivity index (χ1) is 9.54. The van der Waals surface area contributed by atoms with E-state index in [1.54, 1.807) is 21.1 Å². The summed E-state index contributed by atoms with van der Waals surface area (Å²) in [6.07, 6.45) is 5.46. The van der Waals surface area contributed by atoms with Crippen LogP contribution in [0.5, 0.6) is 0 Å². The smallest absolute Gasteiger partial charge is 0.244 e. The Hall–Kier alpha value is -0.850. The first-order valence-corrected chi connectivity index (χ1v) is 8.80. The highest BCUT2D eigenvalue weighted by Crippen LogP contribution is 2.28. The lowest BCUT2D eigenvalue weighted by Crippen LogP contribution is -2.43. The van der Waals surface area contributed by atoms with Crippen LogP contribution in [0.3, 0.4) is 0 Å². The van der Waals surface area contributed by atoms with Crippen LogP contribution in [-0.2, 0) is 23.2 Å². The minimum atomic E-state index is -3.44. The molecule has 5 nitrogen and oxygen atoms in total. The van der Waals surface area contributed by atoms with Gasteiger partial charge in [-0.15, -0.1) is 0 Å². The monoisotopic (exact) mass is 300 g/mol. The molecule has 2 rings (SSSR count). The van der Waals surface area contributed by atoms with E-state index in [1.165, 1.54) is 0 Å². The summed E-state index contributed by atoms with van der Waals surface area (Å²) in [4.78, 5) is 0.309. The maximum atomic E-state index is 12.8. The molecular weight excluding hydrogens is 276 g/mol. The molecule has 1 aromatic rings. The number of aryl methyl sites for hydroxylation is 1. The average Bonchev–Trinajstić information content (AvgIpc) is 2.91. The summed E-state index contributed by atoms with van der Waals surface area (Å²) in [5.74, 6) is 0. The third-order valence-corrected chi connectivity index (χ3v) is 6.03. The van der Waals surface area contributed by atoms with Crippen molar-refractivity contribution in [2.75, 3.05) is 6.54 Å². The lowest BCUT2D eigenvalue weighted by atomic mass is 10.0. The summed E-state index contributed by atoms with van der Waals surface area (Å²) in [5, 5.41) is 9.31. The molecular formula is C14H24N2O3S. The predicted octanol–water partition coefficient (Wildman–Crippen LogP) is 1.95. The van der Waals surface area contributed by atoms with Gasteiger partial charge in [0.15, 0.2) is 0 Å². The van der Waals surface area contributed by atoms with Crippen LogP contribution in [0.2, 0.25) is 0 Å². The van der Waals surface area contributed by atoms with Crippen molar-refractivity contribution >= 4 is 10.0 Å². The van der Waals surface area contributed by atoms with Crippen molar-refractivity contribution in [3.8, 4) is 0 Å². The van der Waals surface area contributed by atoms with Gasteiger partial charge in [-0.1, -0.05) is 13.3 Å². The fraction of sp³-hybridized carbons (Fsp3) is 0.714. The number of hydrogen-bond donors (Lipinski definition) is 1. The maximum absolute atomic E-state index is 12.8. The number of piperidine rings is 1. The van der Waals surface area contributed by atoms with E-state index in [9.17, 15) is 13.5 Å². The van der Waals surface area contributed by atoms with Gasteiger partial charge < -0.3 is 9.67 Å². The Kier molecular flexibility index (Phi) is 4.88. The highest BCUT2D eigenvalue weighted by atomic mass is 32.2. The molecule has 0 aliphatic carbocycles. The van der Waals surface area contributed by atoms with E-state index < -0.39 is 10.0 Å². The van der Waals surface area contributed by atoms with Crippen molar-refractivity contribution in [2.45, 2.75) is 63.6 Å². The first-order valence-electron chi connectivity index (χ1n) is 7.36. The number of hydrogen-bond acceptors (Lipinski definition) is 3. The second kappa shape index (κ2) is 6.28. The van der Waals surface area contributed by atoms with Crippen molar-refractivity contribution in [3.05, 3.63) is 18.0 Å². The molecule has 1 fully saturated rings. The molecule has 0 radical (unpaired) electrons. The molecule has 0 bridgehead atoms. The van der Waals surface area contributed by atoms with Crippen LogP contribution in [0, 0.1) is 0 Å². The normalized spacial score (nSPS) is 21.2. The average molecular weight is 300 g/mol. The molecule has 6 heteroatoms. The number of aliphatic hydroxyl groups excluding tert-OH is 1. The van der Waals surface area contributed by atoms with E-state index in [0.717, 1.165) is 25.7 Å². The molecule has 1 aromatic heterocycles. The Labute approximate surface area is 121 Å². The lowest BCUT2D eigenvalue weighted by molar-refractivity contribution is 0.246. The molecule has 1 saturated heterocycles. The molecule has 2 heterocycles. The molecule has 114 valence electrons. The third-order valence-electron chi connectivity index (χ3n) is 4.11. The summed E-state index contributed by atoms with van der Waals surface area (Å²) in [5.41, 5.74) is 0.649. The Bertz CT molecular complexity index is 529. The standard InChI is InChI=1S/C14H24N2O3S/c1-3-12-7-5-6-8-16(12)20(18,19)14-9-13(11-17)15(4-2)10-14/h9-10,12,17H,3-8,11H2,1-2H3. The predicted molar refractivity (Wildman–Crippen MR) is 77.9 cm³/mol. The van der Waals surface area contributed by atoms with Gasteiger partial charge in [-0.3, -0.25) is 0 Å². The molecule has 1 aliphatic rings. The van der Waals surface area contributed by atoms with Gasteiger partial charge >= 0.3 is 0 Å². The van der Waals surface area contributed by atoms with E-state index in [4.69, 9.17) is 0 Å². The van der Waals surface area contributed by atoms with E-state index >= 15 is 0 Å². The summed E-state index contributed by atoms with van der Waals surface area (Å²) < 4.78 is 29.0. The van der Waals surface area contributed by atoms with Crippen LogP contribution in [0.15, 0.2) is 17.2 Å². The summed E-state index contributed by atoms with van der Waals surface area (Å²) in [6, 6.07) is 1.71. The summed E-state index contributed by atoms with van der Waals surface area (Å²) in [6.45, 7) is 5.09. The van der Waals surface area contributed by atoms with Gasteiger partial charge in [0.25, 0.3) is 0 Å². The summed E-state index contributed by atoms with van der Waals surface area (Å²) >= 11 is 0. The molecule has 0 spiro atoms. The highest BCUT2D eigenvalue weighted by Gasteiger charge is 2.33. The zero-order valence-corrected chi connectivity index (χ0v) is 13.1. The number of sulfonamides is 1. The largest absolute Gasteiger partial charge is 0.390 e. The maximum Gasteiger partial charge on any atom is 0.244 e. The fourth-order valence-electron chi connectivity index (χ4n) is 2.93. The van der Waals surface area contributed by atoms with Crippen LogP contribution >= 0.6 is 0 Å². The van der Waals surface area contributed by atoms with Gasteiger partial charge in [-0.05, 0) is 32.3 Å². The lowest BCUT2D eigenvalue weighted by Gasteiger charge is -2.33. The number of aromatic nitrogens is 1. The SMILES string of the molecule is CCC1CCCCN1S(=O)(=O)c1cc(CO)n(CC)c1. The molecule has 1 atom stereocenters. The zero-order chi connectivity index (χ0) is 14.8. The minimum Gasteiger partial charge on any atom is -0.390 e. The quantitative estimate of drug-likeness (QED) is 0.904. The van der Waals surface area contributed by atoms with Crippen LogP contribution in [0.4, 0.5) is 0 Å². The van der Waals surface area contributed by atoms with E-state index in [0.29, 0.717) is 23.7 Å². The molecule has 1 N–H and O–H groups in total. The second-order valence-corrected chi connectivity index (χ2v) is 7.18. The highest BCUT2D eigenvalue weighted by molar-refractivity contribution is 7.89. The molecule has 1 unspecified atom stereocenters. The Morgan fingerprint density at radius 2 is 2.10 bits per heavy atom. The number of rotatable bonds is 5. The van der Waals surface area contributed by atoms with Gasteiger partial charge in [-0.25, -0.2) is 8.42 Å².